The highest BCUT2D eigenvalue weighted by Gasteiger charge is 2.10. The Labute approximate surface area is 533 Å². The SMILES string of the molecule is CC.CC.CC.CC.CC.CC.CC.Cc1cc2c3ccccc3c(C)cc2c2ccccc12.Cc1cc2ccc3cc(C)cc4ccc(c1)c2c34.Cc1ccc2c(C)cccc2c1.Cc1ccc2ccc(C)cc2c1.Cc1cnc2c(C)cccc2c1. The molecule has 0 aliphatic heterocycles. The lowest BCUT2D eigenvalue weighted by Gasteiger charge is -2.12. The fraction of sp³-hybridized carbons (Fsp3) is 0.276. The van der Waals surface area contributed by atoms with E-state index in [9.17, 15) is 0 Å². The van der Waals surface area contributed by atoms with E-state index in [4.69, 9.17) is 0 Å². The molecule has 0 saturated carbocycles. The van der Waals surface area contributed by atoms with Crippen LogP contribution in [-0.2, 0) is 0 Å². The Hall–Kier alpha value is -8.39. The minimum Gasteiger partial charge on any atom is -0.256 e. The molecule has 0 spiro atoms. The molecule has 0 N–H and O–H groups in total. The number of rotatable bonds is 0. The lowest BCUT2D eigenvalue weighted by Crippen LogP contribution is -1.86. The molecule has 13 aromatic carbocycles. The van der Waals surface area contributed by atoms with Crippen LogP contribution < -0.4 is 0 Å². The highest BCUT2D eigenvalue weighted by atomic mass is 14.7. The van der Waals surface area contributed by atoms with Gasteiger partial charge in [0, 0.05) is 11.6 Å². The summed E-state index contributed by atoms with van der Waals surface area (Å²) >= 11 is 0. The summed E-state index contributed by atoms with van der Waals surface area (Å²) in [6, 6.07) is 74.7. The zero-order chi connectivity index (χ0) is 65.6. The third-order valence-electron chi connectivity index (χ3n) is 14.6. The van der Waals surface area contributed by atoms with Crippen LogP contribution in [-0.4, -0.2) is 4.98 Å². The molecule has 460 valence electrons. The van der Waals surface area contributed by atoms with Gasteiger partial charge in [-0.25, -0.2) is 0 Å². The summed E-state index contributed by atoms with van der Waals surface area (Å²) in [5.41, 5.74) is 14.3. The number of pyridine rings is 1. The zero-order valence-corrected chi connectivity index (χ0v) is 58.7. The summed E-state index contributed by atoms with van der Waals surface area (Å²) < 4.78 is 0. The minimum absolute atomic E-state index is 1.11. The van der Waals surface area contributed by atoms with Gasteiger partial charge in [0.15, 0.2) is 0 Å². The van der Waals surface area contributed by atoms with E-state index in [2.05, 4.69) is 280 Å². The molecule has 1 heteroatoms. The molecule has 1 aromatic heterocycles. The molecule has 0 bridgehead atoms. The van der Waals surface area contributed by atoms with E-state index < -0.39 is 0 Å². The topological polar surface area (TPSA) is 12.9 Å². The summed E-state index contributed by atoms with van der Waals surface area (Å²) in [6.45, 7) is 49.4. The monoisotopic (exact) mass is 1170 g/mol. The van der Waals surface area contributed by atoms with E-state index in [1.807, 2.05) is 103 Å². The van der Waals surface area contributed by atoms with Crippen LogP contribution in [0, 0.1) is 69.2 Å². The van der Waals surface area contributed by atoms with E-state index in [1.165, 1.54) is 147 Å². The van der Waals surface area contributed by atoms with Gasteiger partial charge in [0.2, 0.25) is 0 Å². The first kappa shape index (κ1) is 73.9. The van der Waals surface area contributed by atoms with Gasteiger partial charge in [-0.2, -0.15) is 0 Å². The van der Waals surface area contributed by atoms with Gasteiger partial charge in [0.1, 0.15) is 0 Å². The van der Waals surface area contributed by atoms with Crippen molar-refractivity contribution in [1.82, 2.24) is 4.98 Å². The zero-order valence-electron chi connectivity index (χ0n) is 58.7. The van der Waals surface area contributed by atoms with Gasteiger partial charge in [-0.15, -0.1) is 0 Å². The van der Waals surface area contributed by atoms with E-state index >= 15 is 0 Å². The number of benzene rings is 13. The second kappa shape index (κ2) is 38.0. The first-order valence-corrected chi connectivity index (χ1v) is 33.0. The first-order valence-electron chi connectivity index (χ1n) is 33.0. The number of hydrogen-bond donors (Lipinski definition) is 0. The van der Waals surface area contributed by atoms with Crippen LogP contribution >= 0.6 is 0 Å². The molecule has 14 aromatic rings. The van der Waals surface area contributed by atoms with Crippen LogP contribution in [0.25, 0.3) is 97.1 Å². The fourth-order valence-electron chi connectivity index (χ4n) is 10.9. The van der Waals surface area contributed by atoms with Crippen molar-refractivity contribution in [2.24, 2.45) is 0 Å². The van der Waals surface area contributed by atoms with Gasteiger partial charge >= 0.3 is 0 Å². The number of nitrogens with zero attached hydrogens (tertiary/aromatic N) is 1. The molecule has 14 rings (SSSR count). The van der Waals surface area contributed by atoms with Crippen molar-refractivity contribution in [3.8, 4) is 0 Å². The van der Waals surface area contributed by atoms with Crippen molar-refractivity contribution >= 4 is 97.1 Å². The van der Waals surface area contributed by atoms with Crippen LogP contribution in [0.1, 0.15) is 153 Å². The standard InChI is InChI=1S/C20H16.C18H14.2C12H12.C11H11N.7C2H6/c1-13-11-19-18-10-6-4-8-16(18)14(2)12-20(19)17-9-5-3-7-15(13)17;1-11-7-13-3-5-15-9-12(2)10-16-6-4-14(8-11)17(13)18(15)16;1-9-3-5-11-6-4-10(2)8-12(11)7-9;1-9-6-7-12-10(2)4-3-5-11(12)8-9;1-8-6-10-5-3-4-9(2)11(10)12-7-8;7*1-2/h3-12H,1-2H3;3-10H,1-2H3;2*3-8H,1-2H3;3-7H,1-2H3;7*1-2H3. The first-order chi connectivity index (χ1) is 42.8. The van der Waals surface area contributed by atoms with E-state index in [-0.39, 0.29) is 0 Å². The predicted octanol–water partition coefficient (Wildman–Crippen LogP) is 27.9. The third kappa shape index (κ3) is 18.8. The normalized spacial score (nSPS) is 9.82. The van der Waals surface area contributed by atoms with Crippen molar-refractivity contribution in [2.75, 3.05) is 0 Å². The largest absolute Gasteiger partial charge is 0.256 e. The molecule has 0 unspecified atom stereocenters. The molecule has 1 nitrogen and oxygen atoms in total. The van der Waals surface area contributed by atoms with Gasteiger partial charge < -0.3 is 0 Å². The number of para-hydroxylation sites is 1. The Morgan fingerprint density at radius 2 is 0.523 bits per heavy atom. The summed E-state index contributed by atoms with van der Waals surface area (Å²) in [5, 5.41) is 23.0. The molecular weight excluding hydrogens is 1060 g/mol. The van der Waals surface area contributed by atoms with E-state index in [0.29, 0.717) is 0 Å². The molecular formula is C87H107N. The lowest BCUT2D eigenvalue weighted by atomic mass is 9.92. The Balaban J connectivity index is 0.000000277. The summed E-state index contributed by atoms with van der Waals surface area (Å²) in [6.07, 6.45) is 1.91. The van der Waals surface area contributed by atoms with Gasteiger partial charge in [-0.05, 0) is 200 Å². The molecule has 1 heterocycles. The quantitative estimate of drug-likeness (QED) is 0.138. The molecule has 0 fully saturated rings. The number of aryl methyl sites for hydroxylation is 10. The maximum absolute atomic E-state index is 4.38. The maximum atomic E-state index is 4.38. The molecule has 0 atom stereocenters. The molecule has 0 amide bonds. The van der Waals surface area contributed by atoms with Crippen molar-refractivity contribution in [3.05, 3.63) is 268 Å². The second-order valence-electron chi connectivity index (χ2n) is 20.7. The Morgan fingerprint density at radius 3 is 0.943 bits per heavy atom. The Kier molecular flexibility index (Phi) is 31.9. The molecule has 0 saturated heterocycles. The van der Waals surface area contributed by atoms with E-state index in [1.54, 1.807) is 0 Å². The summed E-state index contributed by atoms with van der Waals surface area (Å²) in [5.74, 6) is 0. The smallest absolute Gasteiger partial charge is 0.0731 e. The predicted molar refractivity (Wildman–Crippen MR) is 406 cm³/mol. The van der Waals surface area contributed by atoms with Crippen LogP contribution in [0.2, 0.25) is 0 Å². The van der Waals surface area contributed by atoms with Crippen LogP contribution in [0.5, 0.6) is 0 Å². The van der Waals surface area contributed by atoms with Crippen LogP contribution in [0.15, 0.2) is 212 Å². The Morgan fingerprint density at radius 1 is 0.193 bits per heavy atom. The van der Waals surface area contributed by atoms with Crippen LogP contribution in [0.3, 0.4) is 0 Å². The molecule has 0 radical (unpaired) electrons. The van der Waals surface area contributed by atoms with Gasteiger partial charge in [0.25, 0.3) is 0 Å². The van der Waals surface area contributed by atoms with Crippen molar-refractivity contribution in [3.63, 3.8) is 0 Å². The van der Waals surface area contributed by atoms with Crippen molar-refractivity contribution < 1.29 is 0 Å². The average molecular weight is 1170 g/mol. The molecule has 88 heavy (non-hydrogen) atoms. The second-order valence-corrected chi connectivity index (χ2v) is 20.7. The van der Waals surface area contributed by atoms with E-state index in [0.717, 1.165) is 5.52 Å². The molecule has 0 aliphatic carbocycles. The fourth-order valence-corrected chi connectivity index (χ4v) is 10.9. The Bertz CT molecular complexity index is 4000. The van der Waals surface area contributed by atoms with Crippen LogP contribution in [0.4, 0.5) is 0 Å². The minimum atomic E-state index is 1.11. The molecule has 0 aliphatic rings. The van der Waals surface area contributed by atoms with Gasteiger partial charge in [-0.1, -0.05) is 314 Å². The summed E-state index contributed by atoms with van der Waals surface area (Å²) in [7, 11) is 0. The van der Waals surface area contributed by atoms with Crippen molar-refractivity contribution in [2.45, 2.75) is 166 Å². The number of aromatic nitrogens is 1. The highest BCUT2D eigenvalue weighted by molar-refractivity contribution is 6.23. The number of fused-ring (bicyclic) bond motifs is 8. The third-order valence-corrected chi connectivity index (χ3v) is 14.6. The van der Waals surface area contributed by atoms with Gasteiger partial charge in [0.05, 0.1) is 5.52 Å². The maximum Gasteiger partial charge on any atom is 0.0731 e. The summed E-state index contributed by atoms with van der Waals surface area (Å²) in [4.78, 5) is 4.38. The van der Waals surface area contributed by atoms with Gasteiger partial charge in [-0.3, -0.25) is 4.98 Å². The highest BCUT2D eigenvalue weighted by Crippen LogP contribution is 2.37. The van der Waals surface area contributed by atoms with Crippen molar-refractivity contribution in [1.29, 1.82) is 0 Å². The average Bonchev–Trinajstić information content (AvgIpc) is 1.00. The number of hydrogen-bond acceptors (Lipinski definition) is 1. The lowest BCUT2D eigenvalue weighted by molar-refractivity contribution is 1.31.